The number of pyridine rings is 1. The van der Waals surface area contributed by atoms with Crippen LogP contribution >= 0.6 is 27.7 Å². The van der Waals surface area contributed by atoms with Crippen molar-refractivity contribution >= 4 is 49.8 Å². The average molecular weight is 472 g/mol. The molecule has 8 heteroatoms. The molecule has 0 saturated heterocycles. The van der Waals surface area contributed by atoms with Crippen LogP contribution in [-0.4, -0.2) is 35.7 Å². The van der Waals surface area contributed by atoms with Crippen LogP contribution in [0.1, 0.15) is 31.1 Å². The highest BCUT2D eigenvalue weighted by atomic mass is 79.9. The fraction of sp³-hybridized carbons (Fsp3) is 0.381. The second kappa shape index (κ2) is 7.65. The largest absolute Gasteiger partial charge is 0.329 e. The van der Waals surface area contributed by atoms with Crippen LogP contribution in [0.5, 0.6) is 0 Å². The van der Waals surface area contributed by atoms with Crippen LogP contribution in [0.2, 0.25) is 0 Å². The normalized spacial score (nSPS) is 14.3. The van der Waals surface area contributed by atoms with Gasteiger partial charge in [0, 0.05) is 23.3 Å². The van der Waals surface area contributed by atoms with E-state index >= 15 is 0 Å². The molecule has 1 saturated carbocycles. The second-order valence-electron chi connectivity index (χ2n) is 7.49. The number of benzene rings is 1. The first-order valence-corrected chi connectivity index (χ1v) is 12.0. The van der Waals surface area contributed by atoms with Crippen LogP contribution in [0.25, 0.3) is 22.1 Å². The summed E-state index contributed by atoms with van der Waals surface area (Å²) in [5.74, 6) is 2.01. The van der Waals surface area contributed by atoms with Crippen molar-refractivity contribution in [3.63, 3.8) is 0 Å². The van der Waals surface area contributed by atoms with E-state index in [1.165, 1.54) is 0 Å². The first-order chi connectivity index (χ1) is 14.2. The van der Waals surface area contributed by atoms with E-state index in [2.05, 4.69) is 37.8 Å². The number of imidazole rings is 2. The van der Waals surface area contributed by atoms with Crippen molar-refractivity contribution in [1.29, 1.82) is 0 Å². The zero-order valence-electron chi connectivity index (χ0n) is 16.2. The molecule has 0 unspecified atom stereocenters. The maximum atomic E-state index is 13.3. The second-order valence-corrected chi connectivity index (χ2v) is 9.39. The Kier molecular flexibility index (Phi) is 4.99. The summed E-state index contributed by atoms with van der Waals surface area (Å²) in [6.45, 7) is 1.34. The van der Waals surface area contributed by atoms with Crippen LogP contribution < -0.4 is 5.69 Å². The molecule has 0 radical (unpaired) electrons. The first-order valence-electron chi connectivity index (χ1n) is 9.85. The number of aromatic nitrogens is 5. The standard InChI is InChI=1S/C21H22BrN5OS/c1-29-10-2-9-25-17-6-3-14(22)11-16(17)24-20(25)13-26-19-12-23-8-7-18(19)27(21(26)28)15-4-5-15/h3,6-8,11-12,15H,2,4-5,9-10,13H2,1H3. The molecule has 0 atom stereocenters. The minimum atomic E-state index is 0.0411. The highest BCUT2D eigenvalue weighted by Crippen LogP contribution is 2.36. The molecule has 3 heterocycles. The first kappa shape index (κ1) is 18.9. The van der Waals surface area contributed by atoms with Crippen molar-refractivity contribution in [2.24, 2.45) is 0 Å². The van der Waals surface area contributed by atoms with Crippen molar-refractivity contribution in [3.05, 3.63) is 57.4 Å². The minimum absolute atomic E-state index is 0.0411. The Balaban J connectivity index is 1.63. The van der Waals surface area contributed by atoms with Gasteiger partial charge >= 0.3 is 5.69 Å². The predicted molar refractivity (Wildman–Crippen MR) is 122 cm³/mol. The molecule has 1 fully saturated rings. The maximum Gasteiger partial charge on any atom is 0.329 e. The summed E-state index contributed by atoms with van der Waals surface area (Å²) in [6, 6.07) is 8.47. The number of hydrogen-bond donors (Lipinski definition) is 0. The lowest BCUT2D eigenvalue weighted by atomic mass is 10.3. The number of nitrogens with zero attached hydrogens (tertiary/aromatic N) is 5. The smallest absolute Gasteiger partial charge is 0.326 e. The van der Waals surface area contributed by atoms with Crippen LogP contribution in [0.4, 0.5) is 0 Å². The third kappa shape index (κ3) is 3.42. The van der Waals surface area contributed by atoms with E-state index in [0.29, 0.717) is 12.6 Å². The van der Waals surface area contributed by atoms with Crippen molar-refractivity contribution in [2.75, 3.05) is 12.0 Å². The quantitative estimate of drug-likeness (QED) is 0.373. The molecular weight excluding hydrogens is 450 g/mol. The molecule has 0 N–H and O–H groups in total. The fourth-order valence-corrected chi connectivity index (χ4v) is 4.76. The van der Waals surface area contributed by atoms with Gasteiger partial charge in [0.2, 0.25) is 0 Å². The lowest BCUT2D eigenvalue weighted by Gasteiger charge is -2.10. The number of fused-ring (bicyclic) bond motifs is 2. The van der Waals surface area contributed by atoms with Crippen LogP contribution in [0.15, 0.2) is 45.9 Å². The van der Waals surface area contributed by atoms with Gasteiger partial charge in [-0.3, -0.25) is 14.1 Å². The Hall–Kier alpha value is -2.06. The summed E-state index contributed by atoms with van der Waals surface area (Å²) in [5, 5.41) is 0. The Bertz CT molecular complexity index is 1250. The Morgan fingerprint density at radius 1 is 1.17 bits per heavy atom. The van der Waals surface area contributed by atoms with Gasteiger partial charge in [-0.1, -0.05) is 15.9 Å². The third-order valence-electron chi connectivity index (χ3n) is 5.50. The molecule has 1 aliphatic rings. The van der Waals surface area contributed by atoms with Gasteiger partial charge in [-0.05, 0) is 55.5 Å². The van der Waals surface area contributed by atoms with Crippen LogP contribution in [0, 0.1) is 0 Å². The van der Waals surface area contributed by atoms with E-state index in [1.807, 2.05) is 39.1 Å². The molecule has 5 rings (SSSR count). The molecule has 6 nitrogen and oxygen atoms in total. The summed E-state index contributed by atoms with van der Waals surface area (Å²) in [4.78, 5) is 22.4. The van der Waals surface area contributed by atoms with Gasteiger partial charge in [-0.2, -0.15) is 11.8 Å². The van der Waals surface area contributed by atoms with Crippen LogP contribution in [-0.2, 0) is 13.1 Å². The molecule has 3 aromatic heterocycles. The Labute approximate surface area is 181 Å². The van der Waals surface area contributed by atoms with E-state index in [9.17, 15) is 4.79 Å². The number of hydrogen-bond acceptors (Lipinski definition) is 4. The summed E-state index contributed by atoms with van der Waals surface area (Å²) in [7, 11) is 0. The Morgan fingerprint density at radius 3 is 2.83 bits per heavy atom. The van der Waals surface area contributed by atoms with Gasteiger partial charge in [0.15, 0.2) is 0 Å². The minimum Gasteiger partial charge on any atom is -0.326 e. The van der Waals surface area contributed by atoms with Gasteiger partial charge in [0.25, 0.3) is 0 Å². The number of halogens is 1. The molecule has 0 spiro atoms. The SMILES string of the molecule is CSCCCn1c(Cn2c(=O)n(C3CC3)c3ccncc32)nc2cc(Br)ccc21. The third-order valence-corrected chi connectivity index (χ3v) is 6.69. The number of thioether (sulfide) groups is 1. The Morgan fingerprint density at radius 2 is 2.03 bits per heavy atom. The highest BCUT2D eigenvalue weighted by Gasteiger charge is 2.29. The van der Waals surface area contributed by atoms with Gasteiger partial charge in [-0.25, -0.2) is 9.78 Å². The van der Waals surface area contributed by atoms with Gasteiger partial charge in [0.1, 0.15) is 5.82 Å². The molecule has 0 bridgehead atoms. The molecule has 1 aliphatic carbocycles. The lowest BCUT2D eigenvalue weighted by molar-refractivity contribution is 0.609. The molecule has 4 aromatic rings. The molecule has 29 heavy (non-hydrogen) atoms. The summed E-state index contributed by atoms with van der Waals surface area (Å²) >= 11 is 5.40. The number of aryl methyl sites for hydroxylation is 1. The molecule has 1 aromatic carbocycles. The molecular formula is C21H22BrN5OS. The van der Waals surface area contributed by atoms with Crippen molar-refractivity contribution in [1.82, 2.24) is 23.7 Å². The summed E-state index contributed by atoms with van der Waals surface area (Å²) in [5.41, 5.74) is 3.96. The molecule has 150 valence electrons. The topological polar surface area (TPSA) is 57.6 Å². The van der Waals surface area contributed by atoms with Gasteiger partial charge in [0.05, 0.1) is 34.8 Å². The average Bonchev–Trinajstić information content (AvgIpc) is 3.44. The van der Waals surface area contributed by atoms with Gasteiger partial charge < -0.3 is 4.57 Å². The molecule has 0 amide bonds. The highest BCUT2D eigenvalue weighted by molar-refractivity contribution is 9.10. The van der Waals surface area contributed by atoms with E-state index in [4.69, 9.17) is 4.98 Å². The molecule has 0 aliphatic heterocycles. The van der Waals surface area contributed by atoms with Crippen molar-refractivity contribution in [2.45, 2.75) is 38.4 Å². The summed E-state index contributed by atoms with van der Waals surface area (Å²) < 4.78 is 7.05. The van der Waals surface area contributed by atoms with Crippen LogP contribution in [0.3, 0.4) is 0 Å². The van der Waals surface area contributed by atoms with Crippen molar-refractivity contribution in [3.8, 4) is 0 Å². The zero-order chi connectivity index (χ0) is 20.0. The van der Waals surface area contributed by atoms with Gasteiger partial charge in [-0.15, -0.1) is 0 Å². The van der Waals surface area contributed by atoms with E-state index in [1.54, 1.807) is 12.4 Å². The monoisotopic (exact) mass is 471 g/mol. The number of rotatable bonds is 7. The van der Waals surface area contributed by atoms with E-state index in [-0.39, 0.29) is 5.69 Å². The predicted octanol–water partition coefficient (Wildman–Crippen LogP) is 4.45. The lowest BCUT2D eigenvalue weighted by Crippen LogP contribution is -2.25. The zero-order valence-corrected chi connectivity index (χ0v) is 18.6. The summed E-state index contributed by atoms with van der Waals surface area (Å²) in [6.07, 6.45) is 8.90. The van der Waals surface area contributed by atoms with E-state index < -0.39 is 0 Å². The van der Waals surface area contributed by atoms with E-state index in [0.717, 1.165) is 63.9 Å². The fourth-order valence-electron chi connectivity index (χ4n) is 4.00. The van der Waals surface area contributed by atoms with Crippen molar-refractivity contribution < 1.29 is 0 Å². The maximum absolute atomic E-state index is 13.3.